The van der Waals surface area contributed by atoms with E-state index < -0.39 is 7.60 Å². The lowest BCUT2D eigenvalue weighted by Crippen LogP contribution is -2.33. The molecule has 0 saturated carbocycles. The van der Waals surface area contributed by atoms with Crippen molar-refractivity contribution in [1.29, 1.82) is 5.41 Å². The molecule has 0 atom stereocenters. The molecule has 0 aromatic heterocycles. The molecular weight excluding hydrogens is 245 g/mol. The first-order valence-corrected chi connectivity index (χ1v) is 7.14. The molecule has 1 aliphatic rings. The number of carbonyl (C=O) groups is 1. The van der Waals surface area contributed by atoms with Crippen LogP contribution in [0.3, 0.4) is 0 Å². The van der Waals surface area contributed by atoms with Gasteiger partial charge in [0.2, 0.25) is 11.9 Å². The number of carbonyl (C=O) groups excluding carboxylic acids is 1. The topological polar surface area (TPSA) is 82.9 Å². The van der Waals surface area contributed by atoms with E-state index in [4.69, 9.17) is 14.5 Å². The van der Waals surface area contributed by atoms with Gasteiger partial charge >= 0.3 is 7.60 Å². The van der Waals surface area contributed by atoms with Crippen molar-refractivity contribution in [3.63, 3.8) is 0 Å². The summed E-state index contributed by atoms with van der Waals surface area (Å²) in [7, 11) is -1.70. The number of guanidine groups is 1. The van der Waals surface area contributed by atoms with E-state index >= 15 is 0 Å². The second-order valence-corrected chi connectivity index (χ2v) is 5.61. The van der Waals surface area contributed by atoms with Crippen LogP contribution in [0, 0.1) is 5.41 Å². The van der Waals surface area contributed by atoms with Crippen molar-refractivity contribution in [2.45, 2.75) is 13.8 Å². The number of amides is 1. The van der Waals surface area contributed by atoms with Crippen LogP contribution in [0.4, 0.5) is 0 Å². The van der Waals surface area contributed by atoms with Gasteiger partial charge in [-0.1, -0.05) is 0 Å². The highest BCUT2D eigenvalue weighted by atomic mass is 31.2. The minimum Gasteiger partial charge on any atom is -0.336 e. The fourth-order valence-corrected chi connectivity index (χ4v) is 3.18. The predicted molar refractivity (Wildman–Crippen MR) is 62.9 cm³/mol. The molecule has 1 saturated heterocycles. The number of hydrogen-bond donors (Lipinski definition) is 1. The first-order valence-electron chi connectivity index (χ1n) is 5.41. The molecule has 1 fully saturated rings. The van der Waals surface area contributed by atoms with Crippen LogP contribution in [0.25, 0.3) is 0 Å². The Morgan fingerprint density at radius 2 is 1.88 bits per heavy atom. The van der Waals surface area contributed by atoms with E-state index in [0.29, 0.717) is 0 Å². The van der Waals surface area contributed by atoms with Crippen LogP contribution in [0.2, 0.25) is 0 Å². The van der Waals surface area contributed by atoms with Crippen LogP contribution in [0.5, 0.6) is 0 Å². The summed E-state index contributed by atoms with van der Waals surface area (Å²) in [5, 5.41) is 7.69. The van der Waals surface area contributed by atoms with E-state index in [1.807, 2.05) is 0 Å². The molecule has 0 aliphatic carbocycles. The molecule has 0 unspecified atom stereocenters. The number of nitrogens with zero attached hydrogens (tertiary/aromatic N) is 2. The van der Waals surface area contributed by atoms with Crippen LogP contribution in [-0.2, 0) is 18.4 Å². The fourth-order valence-electron chi connectivity index (χ4n) is 1.52. The van der Waals surface area contributed by atoms with Crippen LogP contribution >= 0.6 is 7.60 Å². The Balaban J connectivity index is 2.77. The molecule has 1 rings (SSSR count). The Bertz CT molecular complexity index is 350. The fraction of sp³-hybridized carbons (Fsp3) is 0.778. The van der Waals surface area contributed by atoms with Gasteiger partial charge in [-0.3, -0.25) is 19.7 Å². The monoisotopic (exact) mass is 263 g/mol. The Hall–Kier alpha value is -0.910. The highest BCUT2D eigenvalue weighted by Crippen LogP contribution is 2.48. The lowest BCUT2D eigenvalue weighted by Gasteiger charge is -2.23. The van der Waals surface area contributed by atoms with Crippen molar-refractivity contribution >= 4 is 19.5 Å². The molecule has 0 aromatic carbocycles. The number of nitrogens with one attached hydrogen (secondary N) is 1. The molecule has 0 aromatic rings. The van der Waals surface area contributed by atoms with Crippen molar-refractivity contribution in [1.82, 2.24) is 9.80 Å². The van der Waals surface area contributed by atoms with E-state index in [1.54, 1.807) is 20.9 Å². The maximum absolute atomic E-state index is 12.2. The van der Waals surface area contributed by atoms with Gasteiger partial charge < -0.3 is 13.9 Å². The Kier molecular flexibility index (Phi) is 4.68. The van der Waals surface area contributed by atoms with Crippen LogP contribution in [-0.4, -0.2) is 54.8 Å². The highest BCUT2D eigenvalue weighted by molar-refractivity contribution is 7.53. The average Bonchev–Trinajstić information content (AvgIpc) is 2.46. The van der Waals surface area contributed by atoms with Gasteiger partial charge in [-0.2, -0.15) is 0 Å². The van der Waals surface area contributed by atoms with Crippen LogP contribution in [0.1, 0.15) is 13.8 Å². The first kappa shape index (κ1) is 14.2. The van der Waals surface area contributed by atoms with Gasteiger partial charge in [-0.25, -0.2) is 0 Å². The summed E-state index contributed by atoms with van der Waals surface area (Å²) >= 11 is 0. The SMILES string of the molecule is CCOP(=O)(CN1C(=N)N(C)CC1=O)OCC. The summed E-state index contributed by atoms with van der Waals surface area (Å²) in [6, 6.07) is 0. The molecule has 1 heterocycles. The van der Waals surface area contributed by atoms with Crippen molar-refractivity contribution in [3.8, 4) is 0 Å². The van der Waals surface area contributed by atoms with E-state index in [-0.39, 0.29) is 37.9 Å². The molecule has 1 aliphatic heterocycles. The Labute approximate surface area is 101 Å². The molecule has 17 heavy (non-hydrogen) atoms. The molecule has 7 nitrogen and oxygen atoms in total. The molecule has 0 bridgehead atoms. The van der Waals surface area contributed by atoms with E-state index in [2.05, 4.69) is 0 Å². The van der Waals surface area contributed by atoms with Crippen LogP contribution < -0.4 is 0 Å². The molecule has 1 N–H and O–H groups in total. The number of likely N-dealkylation sites (N-methyl/N-ethyl adjacent to an activating group) is 1. The van der Waals surface area contributed by atoms with Crippen molar-refractivity contribution in [2.75, 3.05) is 33.1 Å². The zero-order valence-electron chi connectivity index (χ0n) is 10.3. The molecule has 0 radical (unpaired) electrons. The van der Waals surface area contributed by atoms with Crippen molar-refractivity contribution < 1.29 is 18.4 Å². The zero-order valence-corrected chi connectivity index (χ0v) is 11.2. The summed E-state index contributed by atoms with van der Waals surface area (Å²) in [4.78, 5) is 14.2. The van der Waals surface area contributed by atoms with Crippen LogP contribution in [0.15, 0.2) is 0 Å². The molecule has 1 amide bonds. The van der Waals surface area contributed by atoms with E-state index in [0.717, 1.165) is 4.90 Å². The second-order valence-electron chi connectivity index (χ2n) is 3.59. The predicted octanol–water partition coefficient (Wildman–Crippen LogP) is 0.919. The van der Waals surface area contributed by atoms with E-state index in [1.165, 1.54) is 4.90 Å². The smallest absolute Gasteiger partial charge is 0.336 e. The van der Waals surface area contributed by atoms with Gasteiger partial charge in [0.05, 0.1) is 19.8 Å². The third-order valence-electron chi connectivity index (χ3n) is 2.26. The summed E-state index contributed by atoms with van der Waals surface area (Å²) in [6.45, 7) is 4.01. The lowest BCUT2D eigenvalue weighted by molar-refractivity contribution is -0.124. The minimum atomic E-state index is -3.33. The molecular formula is C9H18N3O4P. The average molecular weight is 263 g/mol. The van der Waals surface area contributed by atoms with E-state index in [9.17, 15) is 9.36 Å². The molecule has 8 heteroatoms. The van der Waals surface area contributed by atoms with Gasteiger partial charge in [0.15, 0.2) is 0 Å². The van der Waals surface area contributed by atoms with Crippen molar-refractivity contribution in [2.24, 2.45) is 0 Å². The van der Waals surface area contributed by atoms with Gasteiger partial charge in [-0.15, -0.1) is 0 Å². The molecule has 98 valence electrons. The summed E-state index contributed by atoms with van der Waals surface area (Å²) in [6.07, 6.45) is -0.198. The van der Waals surface area contributed by atoms with Gasteiger partial charge in [0, 0.05) is 7.05 Å². The van der Waals surface area contributed by atoms with Gasteiger partial charge in [-0.05, 0) is 13.8 Å². The standard InChI is InChI=1S/C9H18N3O4P/c1-4-15-17(14,16-5-2)7-12-8(13)6-11(3)9(12)10/h10H,4-7H2,1-3H3. The maximum atomic E-state index is 12.2. The third-order valence-corrected chi connectivity index (χ3v) is 4.19. The number of hydrogen-bond acceptors (Lipinski definition) is 5. The summed E-state index contributed by atoms with van der Waals surface area (Å²) in [5.74, 6) is -0.244. The van der Waals surface area contributed by atoms with Gasteiger partial charge in [0.25, 0.3) is 0 Å². The van der Waals surface area contributed by atoms with Gasteiger partial charge in [0.1, 0.15) is 6.29 Å². The number of rotatable bonds is 6. The highest BCUT2D eigenvalue weighted by Gasteiger charge is 2.37. The largest absolute Gasteiger partial charge is 0.350 e. The first-order chi connectivity index (χ1) is 7.93. The quantitative estimate of drug-likeness (QED) is 0.720. The minimum absolute atomic E-state index is 0.0228. The normalized spacial score (nSPS) is 17.1. The summed E-state index contributed by atoms with van der Waals surface area (Å²) < 4.78 is 22.4. The Morgan fingerprint density at radius 1 is 1.35 bits per heavy atom. The second kappa shape index (κ2) is 5.62. The maximum Gasteiger partial charge on any atom is 0.350 e. The molecule has 0 spiro atoms. The zero-order chi connectivity index (χ0) is 13.1. The lowest BCUT2D eigenvalue weighted by atomic mass is 10.6. The summed E-state index contributed by atoms with van der Waals surface area (Å²) in [5.41, 5.74) is 0. The van der Waals surface area contributed by atoms with Crippen molar-refractivity contribution in [3.05, 3.63) is 0 Å². The third kappa shape index (κ3) is 3.28. The Morgan fingerprint density at radius 3 is 2.24 bits per heavy atom.